The molecule has 1 saturated carbocycles. The van der Waals surface area contributed by atoms with E-state index in [1.165, 1.54) is 30.3 Å². The van der Waals surface area contributed by atoms with Gasteiger partial charge in [-0.25, -0.2) is 4.98 Å². The van der Waals surface area contributed by atoms with Gasteiger partial charge in [0, 0.05) is 41.2 Å². The van der Waals surface area contributed by atoms with Gasteiger partial charge in [0.15, 0.2) is 16.5 Å². The molecule has 0 aliphatic heterocycles. The van der Waals surface area contributed by atoms with Gasteiger partial charge in [-0.3, -0.25) is 19.3 Å². The van der Waals surface area contributed by atoms with Gasteiger partial charge < -0.3 is 41.5 Å². The zero-order valence-corrected chi connectivity index (χ0v) is 28.4. The van der Waals surface area contributed by atoms with Crippen LogP contribution in [0.3, 0.4) is 0 Å². The normalized spacial score (nSPS) is 26.4. The van der Waals surface area contributed by atoms with Crippen LogP contribution in [0.5, 0.6) is 5.75 Å². The zero-order valence-electron chi connectivity index (χ0n) is 27.6. The Balaban J connectivity index is 1.39. The van der Waals surface area contributed by atoms with Gasteiger partial charge in [0.05, 0.1) is 35.0 Å². The molecule has 0 radical (unpaired) electrons. The molecule has 2 aromatic carbocycles. The van der Waals surface area contributed by atoms with Crippen LogP contribution in [-0.2, 0) is 14.4 Å². The molecule has 0 unspecified atom stereocenters. The summed E-state index contributed by atoms with van der Waals surface area (Å²) in [6.07, 6.45) is -1.66. The average Bonchev–Trinajstić information content (AvgIpc) is 3.53. The number of carbonyl (C=O) groups is 3. The highest BCUT2D eigenvalue weighted by atomic mass is 32.1. The first-order chi connectivity index (χ1) is 23.2. The van der Waals surface area contributed by atoms with E-state index in [-0.39, 0.29) is 11.3 Å². The van der Waals surface area contributed by atoms with Crippen LogP contribution in [0.4, 0.5) is 16.5 Å². The lowest BCUT2D eigenvalue weighted by Crippen LogP contribution is -2.70. The molecule has 0 bridgehead atoms. The summed E-state index contributed by atoms with van der Waals surface area (Å²) in [6, 6.07) is 9.87. The van der Waals surface area contributed by atoms with Crippen LogP contribution in [0.15, 0.2) is 58.7 Å². The Bertz CT molecular complexity index is 1930. The molecule has 14 heteroatoms. The molecule has 1 amide bonds. The standard InChI is InChI=1S/C35H39N5O8S/c1-6-40(7-2)17-10-8-16(9-11-17)20-14-49-34(38-20)37-19-13-12-18-15(3)21-23(28(42)22(18)27(19)41)31(45)35(48)25(29(21)43)26(39(4)5)30(44)24(32(35)46)33(36)47/h8-15,21,25-26,29,41-43,46,48H,6-7H2,1-5H3,(H2,36,47)(H,37,38)/t15-,21-,25+,26-,29-,35+/m1/s1. The van der Waals surface area contributed by atoms with Crippen molar-refractivity contribution < 1.29 is 39.9 Å². The number of nitrogens with two attached hydrogens (primary N) is 1. The fraction of sp³-hybridized carbons (Fsp3) is 0.371. The van der Waals surface area contributed by atoms with Crippen molar-refractivity contribution in [1.29, 1.82) is 0 Å². The molecule has 1 fully saturated rings. The van der Waals surface area contributed by atoms with Crippen LogP contribution >= 0.6 is 11.3 Å². The number of aliphatic hydroxyl groups excluding tert-OH is 3. The quantitative estimate of drug-likeness (QED) is 0.134. The van der Waals surface area contributed by atoms with Crippen molar-refractivity contribution in [3.63, 3.8) is 0 Å². The number of aromatic nitrogens is 1. The Morgan fingerprint density at radius 3 is 2.31 bits per heavy atom. The van der Waals surface area contributed by atoms with Crippen molar-refractivity contribution in [2.75, 3.05) is 37.4 Å². The minimum absolute atomic E-state index is 0.107. The molecular weight excluding hydrogens is 650 g/mol. The Hall–Kier alpha value is -4.76. The Morgan fingerprint density at radius 1 is 1.06 bits per heavy atom. The third kappa shape index (κ3) is 5.00. The van der Waals surface area contributed by atoms with E-state index in [1.807, 2.05) is 29.6 Å². The summed E-state index contributed by atoms with van der Waals surface area (Å²) < 4.78 is 0. The summed E-state index contributed by atoms with van der Waals surface area (Å²) in [6.45, 7) is 7.65. The summed E-state index contributed by atoms with van der Waals surface area (Å²) in [5.41, 5.74) is 4.19. The predicted molar refractivity (Wildman–Crippen MR) is 185 cm³/mol. The van der Waals surface area contributed by atoms with Crippen LogP contribution in [-0.4, -0.2) is 97.8 Å². The maximum absolute atomic E-state index is 14.2. The Morgan fingerprint density at radius 2 is 1.71 bits per heavy atom. The molecule has 3 aromatic rings. The van der Waals surface area contributed by atoms with Crippen molar-refractivity contribution in [2.45, 2.75) is 44.4 Å². The number of carbonyl (C=O) groups excluding carboxylic acids is 3. The maximum atomic E-state index is 14.2. The topological polar surface area (TPSA) is 210 Å². The number of anilines is 3. The molecule has 0 saturated heterocycles. The van der Waals surface area contributed by atoms with Crippen LogP contribution in [0.2, 0.25) is 0 Å². The minimum atomic E-state index is -2.98. The van der Waals surface area contributed by atoms with Gasteiger partial charge in [-0.15, -0.1) is 11.3 Å². The summed E-state index contributed by atoms with van der Waals surface area (Å²) >= 11 is 1.30. The van der Waals surface area contributed by atoms with E-state index in [9.17, 15) is 39.9 Å². The number of fused-ring (bicyclic) bond motifs is 3. The van der Waals surface area contributed by atoms with Crippen LogP contribution in [0.25, 0.3) is 17.0 Å². The van der Waals surface area contributed by atoms with Crippen molar-refractivity contribution in [2.24, 2.45) is 17.6 Å². The lowest BCUT2D eigenvalue weighted by molar-refractivity contribution is -0.169. The molecule has 3 aliphatic rings. The molecule has 1 aromatic heterocycles. The van der Waals surface area contributed by atoms with E-state index in [2.05, 4.69) is 29.0 Å². The largest absolute Gasteiger partial charge is 0.508 e. The second-order valence-electron chi connectivity index (χ2n) is 12.9. The number of primary amides is 1. The first kappa shape index (κ1) is 34.1. The van der Waals surface area contributed by atoms with E-state index in [1.54, 1.807) is 19.1 Å². The number of aliphatic hydroxyl groups is 4. The van der Waals surface area contributed by atoms with E-state index in [0.29, 0.717) is 16.4 Å². The predicted octanol–water partition coefficient (Wildman–Crippen LogP) is 3.21. The first-order valence-electron chi connectivity index (χ1n) is 15.9. The zero-order chi connectivity index (χ0) is 35.7. The van der Waals surface area contributed by atoms with Gasteiger partial charge in [-0.05, 0) is 57.6 Å². The Labute approximate surface area is 286 Å². The molecule has 3 aliphatic carbocycles. The summed E-state index contributed by atoms with van der Waals surface area (Å²) in [5, 5.41) is 63.3. The second kappa shape index (κ2) is 12.3. The maximum Gasteiger partial charge on any atom is 0.255 e. The average molecular weight is 690 g/mol. The molecule has 13 nitrogen and oxygen atoms in total. The van der Waals surface area contributed by atoms with Gasteiger partial charge in [0.1, 0.15) is 22.8 Å². The summed E-state index contributed by atoms with van der Waals surface area (Å²) in [7, 11) is 2.93. The number of nitrogens with one attached hydrogen (secondary N) is 1. The van der Waals surface area contributed by atoms with E-state index in [0.717, 1.165) is 24.3 Å². The third-order valence-electron chi connectivity index (χ3n) is 10.2. The highest BCUT2D eigenvalue weighted by Gasteiger charge is 2.68. The number of phenols is 1. The van der Waals surface area contributed by atoms with E-state index in [4.69, 9.17) is 5.73 Å². The fourth-order valence-corrected chi connectivity index (χ4v) is 8.46. The van der Waals surface area contributed by atoms with Gasteiger partial charge in [0.25, 0.3) is 5.91 Å². The minimum Gasteiger partial charge on any atom is -0.508 e. The number of amides is 1. The number of thiazole rings is 1. The lowest BCUT2D eigenvalue weighted by Gasteiger charge is -2.53. The van der Waals surface area contributed by atoms with Crippen molar-refractivity contribution in [3.8, 4) is 17.0 Å². The SMILES string of the molecule is CCN(CC)c1ccc(-c2csc(Nc3ccc4c(c3O)C(O)=C3C(=O)[C@]5(O)C(O)=C(C(N)=O)C(=O)[C@H](N(C)C)[C@H]5[C@H](O)[C@@H]3[C@@H]4C)n2)cc1. The molecule has 8 N–H and O–H groups in total. The van der Waals surface area contributed by atoms with Crippen molar-refractivity contribution in [1.82, 2.24) is 9.88 Å². The monoisotopic (exact) mass is 689 g/mol. The highest BCUT2D eigenvalue weighted by molar-refractivity contribution is 7.14. The van der Waals surface area contributed by atoms with E-state index >= 15 is 0 Å². The summed E-state index contributed by atoms with van der Waals surface area (Å²) in [4.78, 5) is 48.1. The van der Waals surface area contributed by atoms with Gasteiger partial charge in [-0.2, -0.15) is 0 Å². The number of hydrogen-bond acceptors (Lipinski definition) is 13. The van der Waals surface area contributed by atoms with Crippen LogP contribution in [0, 0.1) is 11.8 Å². The van der Waals surface area contributed by atoms with Gasteiger partial charge in [0.2, 0.25) is 5.78 Å². The van der Waals surface area contributed by atoms with E-state index < -0.39 is 81.4 Å². The number of hydrogen-bond donors (Lipinski definition) is 7. The highest BCUT2D eigenvalue weighted by Crippen LogP contribution is 2.56. The molecular formula is C35H39N5O8S. The molecule has 49 heavy (non-hydrogen) atoms. The number of ketones is 2. The number of rotatable bonds is 8. The van der Waals surface area contributed by atoms with Crippen molar-refractivity contribution >= 4 is 51.1 Å². The molecule has 6 rings (SSSR count). The number of phenolic OH excluding ortho intramolecular Hbond substituents is 1. The fourth-order valence-electron chi connectivity index (χ4n) is 7.73. The number of nitrogens with zero attached hydrogens (tertiary/aromatic N) is 3. The second-order valence-corrected chi connectivity index (χ2v) is 13.7. The van der Waals surface area contributed by atoms with Crippen LogP contribution in [0.1, 0.15) is 37.8 Å². The third-order valence-corrected chi connectivity index (χ3v) is 10.9. The number of Topliss-reactive ketones (excluding diaryl/α,β-unsaturated/α-hetero) is 2. The number of benzene rings is 2. The molecule has 0 spiro atoms. The van der Waals surface area contributed by atoms with Crippen LogP contribution < -0.4 is 16.0 Å². The summed E-state index contributed by atoms with van der Waals surface area (Å²) in [5.74, 6) is -9.40. The van der Waals surface area contributed by atoms with Gasteiger partial charge in [-0.1, -0.05) is 25.1 Å². The molecule has 1 heterocycles. The number of likely N-dealkylation sites (N-methyl/N-ethyl adjacent to an activating group) is 1. The lowest BCUT2D eigenvalue weighted by atomic mass is 9.54. The number of aromatic hydroxyl groups is 1. The van der Waals surface area contributed by atoms with Crippen molar-refractivity contribution in [3.05, 3.63) is 69.8 Å². The smallest absolute Gasteiger partial charge is 0.255 e. The Kier molecular flexibility index (Phi) is 8.55. The molecule has 6 atom stereocenters. The van der Waals surface area contributed by atoms with Gasteiger partial charge >= 0.3 is 0 Å². The molecule has 258 valence electrons. The first-order valence-corrected chi connectivity index (χ1v) is 16.8.